The smallest absolute Gasteiger partial charge is 0.0548 e. The van der Waals surface area contributed by atoms with Gasteiger partial charge in [-0.1, -0.05) is 35.5 Å². The number of nitrogen functional groups attached to an aromatic ring is 1. The molecule has 0 radical (unpaired) electrons. The van der Waals surface area contributed by atoms with Crippen LogP contribution >= 0.6 is 23.4 Å². The molecule has 94 valence electrons. The molecule has 0 amide bonds. The van der Waals surface area contributed by atoms with Crippen molar-refractivity contribution in [3.63, 3.8) is 0 Å². The van der Waals surface area contributed by atoms with Gasteiger partial charge in [0, 0.05) is 15.5 Å². The van der Waals surface area contributed by atoms with Gasteiger partial charge in [-0.25, -0.2) is 0 Å². The Hall–Kier alpha value is -1.12. The van der Waals surface area contributed by atoms with Crippen LogP contribution in [0.15, 0.2) is 40.1 Å². The second-order valence-corrected chi connectivity index (χ2v) is 5.95. The Kier molecular flexibility index (Phi) is 3.88. The van der Waals surface area contributed by atoms with Crippen molar-refractivity contribution in [3.05, 3.63) is 52.0 Å². The van der Waals surface area contributed by atoms with Gasteiger partial charge in [0.15, 0.2) is 0 Å². The van der Waals surface area contributed by atoms with E-state index in [1.807, 2.05) is 26.0 Å². The topological polar surface area (TPSA) is 26.0 Å². The van der Waals surface area contributed by atoms with E-state index in [0.29, 0.717) is 0 Å². The minimum atomic E-state index is 0.798. The average molecular weight is 278 g/mol. The van der Waals surface area contributed by atoms with Crippen LogP contribution in [0.3, 0.4) is 0 Å². The summed E-state index contributed by atoms with van der Waals surface area (Å²) in [6.07, 6.45) is 0. The molecule has 0 aliphatic carbocycles. The molecular formula is C15H16ClNS. The molecule has 1 nitrogen and oxygen atoms in total. The minimum absolute atomic E-state index is 0.798. The maximum atomic E-state index is 6.24. The lowest BCUT2D eigenvalue weighted by Gasteiger charge is -2.11. The number of hydrogen-bond donors (Lipinski definition) is 1. The van der Waals surface area contributed by atoms with Crippen LogP contribution in [0.25, 0.3) is 0 Å². The zero-order valence-electron chi connectivity index (χ0n) is 10.8. The first kappa shape index (κ1) is 13.3. The number of hydrogen-bond acceptors (Lipinski definition) is 2. The van der Waals surface area contributed by atoms with Crippen molar-refractivity contribution in [1.82, 2.24) is 0 Å². The molecule has 0 saturated carbocycles. The molecule has 0 fully saturated rings. The number of rotatable bonds is 2. The maximum Gasteiger partial charge on any atom is 0.0548 e. The van der Waals surface area contributed by atoms with Crippen LogP contribution in [0.5, 0.6) is 0 Å². The molecule has 18 heavy (non-hydrogen) atoms. The van der Waals surface area contributed by atoms with Crippen molar-refractivity contribution < 1.29 is 0 Å². The molecule has 0 saturated heterocycles. The molecule has 0 bridgehead atoms. The number of anilines is 1. The van der Waals surface area contributed by atoms with E-state index in [0.717, 1.165) is 26.7 Å². The summed E-state index contributed by atoms with van der Waals surface area (Å²) in [5.41, 5.74) is 10.3. The lowest BCUT2D eigenvalue weighted by Crippen LogP contribution is -1.94. The number of halogens is 1. The molecule has 0 unspecified atom stereocenters. The first-order chi connectivity index (χ1) is 8.49. The molecule has 0 spiro atoms. The van der Waals surface area contributed by atoms with Crippen LogP contribution < -0.4 is 5.73 Å². The van der Waals surface area contributed by atoms with Gasteiger partial charge in [0.05, 0.1) is 5.02 Å². The van der Waals surface area contributed by atoms with Crippen molar-refractivity contribution in [1.29, 1.82) is 0 Å². The normalized spacial score (nSPS) is 10.7. The van der Waals surface area contributed by atoms with Gasteiger partial charge >= 0.3 is 0 Å². The predicted molar refractivity (Wildman–Crippen MR) is 80.6 cm³/mol. The number of aryl methyl sites for hydroxylation is 3. The Bertz CT molecular complexity index is 550. The fourth-order valence-electron chi connectivity index (χ4n) is 1.86. The van der Waals surface area contributed by atoms with E-state index < -0.39 is 0 Å². The summed E-state index contributed by atoms with van der Waals surface area (Å²) in [5, 5.41) is 0.798. The van der Waals surface area contributed by atoms with Crippen LogP contribution in [0.2, 0.25) is 5.02 Å². The second-order valence-electron chi connectivity index (χ2n) is 4.46. The molecule has 0 aliphatic rings. The monoisotopic (exact) mass is 277 g/mol. The largest absolute Gasteiger partial charge is 0.398 e. The molecule has 0 heterocycles. The molecular weight excluding hydrogens is 262 g/mol. The molecule has 0 atom stereocenters. The highest BCUT2D eigenvalue weighted by atomic mass is 35.5. The third-order valence-corrected chi connectivity index (χ3v) is 4.60. The Morgan fingerprint density at radius 1 is 1.00 bits per heavy atom. The molecule has 2 rings (SSSR count). The Morgan fingerprint density at radius 3 is 2.17 bits per heavy atom. The predicted octanol–water partition coefficient (Wildman–Crippen LogP) is 5.00. The van der Waals surface area contributed by atoms with Gasteiger partial charge in [0.2, 0.25) is 0 Å². The lowest BCUT2D eigenvalue weighted by atomic mass is 10.1. The number of nitrogens with two attached hydrogens (primary N) is 1. The zero-order valence-corrected chi connectivity index (χ0v) is 12.3. The molecule has 2 aromatic carbocycles. The van der Waals surface area contributed by atoms with Crippen LogP contribution in [0.1, 0.15) is 16.7 Å². The quantitative estimate of drug-likeness (QED) is 0.782. The lowest BCUT2D eigenvalue weighted by molar-refractivity contribution is 1.27. The van der Waals surface area contributed by atoms with E-state index in [1.165, 1.54) is 10.5 Å². The van der Waals surface area contributed by atoms with E-state index in [9.17, 15) is 0 Å². The van der Waals surface area contributed by atoms with E-state index in [1.54, 1.807) is 11.8 Å². The van der Waals surface area contributed by atoms with E-state index in [2.05, 4.69) is 25.1 Å². The van der Waals surface area contributed by atoms with E-state index in [-0.39, 0.29) is 0 Å². The SMILES string of the molecule is Cc1cc(Sc2c(C)cccc2Cl)cc(C)c1N. The van der Waals surface area contributed by atoms with Crippen molar-refractivity contribution in [2.75, 3.05) is 5.73 Å². The van der Waals surface area contributed by atoms with Gasteiger partial charge in [-0.05, 0) is 55.7 Å². The Labute approximate surface area is 117 Å². The maximum absolute atomic E-state index is 6.24. The van der Waals surface area contributed by atoms with Gasteiger partial charge in [0.1, 0.15) is 0 Å². The summed E-state index contributed by atoms with van der Waals surface area (Å²) in [6.45, 7) is 6.14. The molecule has 0 aromatic heterocycles. The third kappa shape index (κ3) is 2.65. The summed E-state index contributed by atoms with van der Waals surface area (Å²) in [6, 6.07) is 10.2. The molecule has 2 N–H and O–H groups in total. The van der Waals surface area contributed by atoms with Crippen molar-refractivity contribution in [2.24, 2.45) is 0 Å². The Balaban J connectivity index is 2.41. The first-order valence-electron chi connectivity index (χ1n) is 5.78. The van der Waals surface area contributed by atoms with Gasteiger partial charge in [-0.3, -0.25) is 0 Å². The van der Waals surface area contributed by atoms with Gasteiger partial charge in [-0.2, -0.15) is 0 Å². The van der Waals surface area contributed by atoms with Crippen molar-refractivity contribution >= 4 is 29.1 Å². The van der Waals surface area contributed by atoms with Crippen LogP contribution in [-0.2, 0) is 0 Å². The summed E-state index contributed by atoms with van der Waals surface area (Å²) < 4.78 is 0. The first-order valence-corrected chi connectivity index (χ1v) is 6.98. The Morgan fingerprint density at radius 2 is 1.61 bits per heavy atom. The standard InChI is InChI=1S/C15H16ClNS/c1-9-5-4-6-13(16)15(9)18-12-7-10(2)14(17)11(3)8-12/h4-8H,17H2,1-3H3. The highest BCUT2D eigenvalue weighted by molar-refractivity contribution is 7.99. The van der Waals surface area contributed by atoms with Gasteiger partial charge < -0.3 is 5.73 Å². The highest BCUT2D eigenvalue weighted by Crippen LogP contribution is 2.37. The summed E-state index contributed by atoms with van der Waals surface area (Å²) in [7, 11) is 0. The van der Waals surface area contributed by atoms with Crippen molar-refractivity contribution in [2.45, 2.75) is 30.6 Å². The van der Waals surface area contributed by atoms with Crippen LogP contribution in [-0.4, -0.2) is 0 Å². The van der Waals surface area contributed by atoms with E-state index in [4.69, 9.17) is 17.3 Å². The average Bonchev–Trinajstić information content (AvgIpc) is 2.31. The summed E-state index contributed by atoms with van der Waals surface area (Å²) >= 11 is 7.94. The summed E-state index contributed by atoms with van der Waals surface area (Å²) in [4.78, 5) is 2.29. The van der Waals surface area contributed by atoms with Crippen LogP contribution in [0.4, 0.5) is 5.69 Å². The molecule has 3 heteroatoms. The van der Waals surface area contributed by atoms with Crippen molar-refractivity contribution in [3.8, 4) is 0 Å². The fourth-order valence-corrected chi connectivity index (χ4v) is 3.30. The van der Waals surface area contributed by atoms with Gasteiger partial charge in [-0.15, -0.1) is 0 Å². The van der Waals surface area contributed by atoms with E-state index >= 15 is 0 Å². The second kappa shape index (κ2) is 5.25. The fraction of sp³-hybridized carbons (Fsp3) is 0.200. The minimum Gasteiger partial charge on any atom is -0.398 e. The molecule has 0 aliphatic heterocycles. The zero-order chi connectivity index (χ0) is 13.3. The van der Waals surface area contributed by atoms with Crippen LogP contribution in [0, 0.1) is 20.8 Å². The third-order valence-electron chi connectivity index (χ3n) is 2.95. The summed E-state index contributed by atoms with van der Waals surface area (Å²) in [5.74, 6) is 0. The molecule has 2 aromatic rings. The number of benzene rings is 2. The highest BCUT2D eigenvalue weighted by Gasteiger charge is 2.08. The van der Waals surface area contributed by atoms with Gasteiger partial charge in [0.25, 0.3) is 0 Å².